The lowest BCUT2D eigenvalue weighted by atomic mass is 9.60. The summed E-state index contributed by atoms with van der Waals surface area (Å²) in [5, 5.41) is 0. The molecule has 2 rings (SSSR count). The minimum Gasteiger partial charge on any atom is -0.296 e. The average molecular weight is 338 g/mol. The average Bonchev–Trinajstić information content (AvgIpc) is 2.58. The Bertz CT molecular complexity index is 689. The van der Waals surface area contributed by atoms with Gasteiger partial charge >= 0.3 is 0 Å². The van der Waals surface area contributed by atoms with Crippen LogP contribution in [0, 0.1) is 5.41 Å². The van der Waals surface area contributed by atoms with Gasteiger partial charge in [0.25, 0.3) is 0 Å². The maximum absolute atomic E-state index is 4.06. The van der Waals surface area contributed by atoms with Crippen LogP contribution in [0.4, 0.5) is 0 Å². The summed E-state index contributed by atoms with van der Waals surface area (Å²) in [7, 11) is 4.42. The van der Waals surface area contributed by atoms with Gasteiger partial charge in [-0.25, -0.2) is 0 Å². The van der Waals surface area contributed by atoms with Crippen molar-refractivity contribution in [3.05, 3.63) is 59.7 Å². The second-order valence-electron chi connectivity index (χ2n) is 8.09. The number of nitrogens with zero attached hydrogens (tertiary/aromatic N) is 1. The SMILES string of the molecule is C=C(C)c1ccc(C2=CCC(C)(CC)/C(=C\CC)C2(C)N(C)C)cc1. The third-order valence-electron chi connectivity index (χ3n) is 6.23. The highest BCUT2D eigenvalue weighted by molar-refractivity contribution is 5.79. The fourth-order valence-electron chi connectivity index (χ4n) is 4.17. The largest absolute Gasteiger partial charge is 0.296 e. The lowest BCUT2D eigenvalue weighted by Crippen LogP contribution is -2.50. The second kappa shape index (κ2) is 7.33. The summed E-state index contributed by atoms with van der Waals surface area (Å²) in [5.41, 5.74) is 6.80. The van der Waals surface area contributed by atoms with Gasteiger partial charge in [-0.1, -0.05) is 69.3 Å². The van der Waals surface area contributed by atoms with Crippen LogP contribution in [0.2, 0.25) is 0 Å². The molecule has 0 fully saturated rings. The van der Waals surface area contributed by atoms with Crippen molar-refractivity contribution in [3.8, 4) is 0 Å². The van der Waals surface area contributed by atoms with Crippen molar-refractivity contribution in [3.63, 3.8) is 0 Å². The summed E-state index contributed by atoms with van der Waals surface area (Å²) in [5.74, 6) is 0. The van der Waals surface area contributed by atoms with Gasteiger partial charge in [-0.2, -0.15) is 0 Å². The predicted octanol–water partition coefficient (Wildman–Crippen LogP) is 6.58. The van der Waals surface area contributed by atoms with Crippen LogP contribution < -0.4 is 0 Å². The molecule has 0 saturated heterocycles. The molecule has 1 heteroatoms. The maximum atomic E-state index is 4.06. The summed E-state index contributed by atoms with van der Waals surface area (Å²) in [6, 6.07) is 8.92. The van der Waals surface area contributed by atoms with Gasteiger partial charge in [0.2, 0.25) is 0 Å². The van der Waals surface area contributed by atoms with Crippen molar-refractivity contribution < 1.29 is 0 Å². The highest BCUT2D eigenvalue weighted by Gasteiger charge is 2.46. The third kappa shape index (κ3) is 3.40. The zero-order valence-corrected chi connectivity index (χ0v) is 17.2. The molecule has 1 aliphatic carbocycles. The summed E-state index contributed by atoms with van der Waals surface area (Å²) in [6.07, 6.45) is 8.30. The second-order valence-corrected chi connectivity index (χ2v) is 8.09. The maximum Gasteiger partial charge on any atom is 0.0649 e. The molecule has 0 bridgehead atoms. The van der Waals surface area contributed by atoms with Gasteiger partial charge in [0, 0.05) is 0 Å². The molecule has 1 aromatic carbocycles. The zero-order valence-electron chi connectivity index (χ0n) is 17.2. The lowest BCUT2D eigenvalue weighted by molar-refractivity contribution is 0.213. The monoisotopic (exact) mass is 337 g/mol. The minimum atomic E-state index is -0.0796. The van der Waals surface area contributed by atoms with Crippen molar-refractivity contribution in [1.82, 2.24) is 4.90 Å². The number of rotatable bonds is 5. The number of benzene rings is 1. The van der Waals surface area contributed by atoms with Crippen LogP contribution in [0.1, 0.15) is 65.0 Å². The Morgan fingerprint density at radius 3 is 2.20 bits per heavy atom. The first kappa shape index (κ1) is 19.7. The lowest BCUT2D eigenvalue weighted by Gasteiger charge is -2.51. The molecule has 0 aromatic heterocycles. The van der Waals surface area contributed by atoms with E-state index in [1.807, 2.05) is 0 Å². The highest BCUT2D eigenvalue weighted by atomic mass is 15.1. The molecule has 1 aromatic rings. The van der Waals surface area contributed by atoms with Crippen molar-refractivity contribution in [2.24, 2.45) is 5.41 Å². The molecular formula is C24H35N. The fraction of sp³-hybridized carbons (Fsp3) is 0.500. The Kier molecular flexibility index (Phi) is 5.79. The van der Waals surface area contributed by atoms with E-state index < -0.39 is 0 Å². The van der Waals surface area contributed by atoms with E-state index in [-0.39, 0.29) is 11.0 Å². The van der Waals surface area contributed by atoms with Gasteiger partial charge in [-0.05, 0) is 74.9 Å². The molecule has 0 heterocycles. The molecule has 0 spiro atoms. The first-order valence-electron chi connectivity index (χ1n) is 9.56. The molecule has 0 radical (unpaired) electrons. The summed E-state index contributed by atoms with van der Waals surface area (Å²) < 4.78 is 0. The molecule has 25 heavy (non-hydrogen) atoms. The molecule has 0 N–H and O–H groups in total. The van der Waals surface area contributed by atoms with E-state index in [4.69, 9.17) is 0 Å². The smallest absolute Gasteiger partial charge is 0.0649 e. The van der Waals surface area contributed by atoms with Crippen molar-refractivity contribution in [1.29, 1.82) is 0 Å². The first-order chi connectivity index (χ1) is 11.7. The summed E-state index contributed by atoms with van der Waals surface area (Å²) in [4.78, 5) is 2.39. The van der Waals surface area contributed by atoms with Crippen LogP contribution in [0.15, 0.2) is 48.6 Å². The van der Waals surface area contributed by atoms with Crippen molar-refractivity contribution >= 4 is 11.1 Å². The summed E-state index contributed by atoms with van der Waals surface area (Å²) >= 11 is 0. The normalized spacial score (nSPS) is 28.3. The fourth-order valence-corrected chi connectivity index (χ4v) is 4.17. The first-order valence-corrected chi connectivity index (χ1v) is 9.56. The number of hydrogen-bond donors (Lipinski definition) is 0. The Morgan fingerprint density at radius 1 is 1.16 bits per heavy atom. The van der Waals surface area contributed by atoms with E-state index in [9.17, 15) is 0 Å². The van der Waals surface area contributed by atoms with Gasteiger partial charge in [0.05, 0.1) is 5.54 Å². The van der Waals surface area contributed by atoms with Gasteiger partial charge in [0.15, 0.2) is 0 Å². The third-order valence-corrected chi connectivity index (χ3v) is 6.23. The van der Waals surface area contributed by atoms with E-state index in [0.717, 1.165) is 18.4 Å². The van der Waals surface area contributed by atoms with E-state index in [2.05, 4.69) is 96.6 Å². The Balaban J connectivity index is 2.63. The van der Waals surface area contributed by atoms with Crippen molar-refractivity contribution in [2.45, 2.75) is 59.4 Å². The number of allylic oxidation sites excluding steroid dienone is 3. The molecule has 2 atom stereocenters. The molecule has 0 amide bonds. The van der Waals surface area contributed by atoms with Crippen molar-refractivity contribution in [2.75, 3.05) is 14.1 Å². The Labute approximate surface area is 155 Å². The van der Waals surface area contributed by atoms with E-state index in [1.165, 1.54) is 23.1 Å². The van der Waals surface area contributed by atoms with E-state index >= 15 is 0 Å². The topological polar surface area (TPSA) is 3.24 Å². The molecule has 2 unspecified atom stereocenters. The van der Waals surface area contributed by atoms with Crippen LogP contribution in [-0.2, 0) is 0 Å². The van der Waals surface area contributed by atoms with Gasteiger partial charge in [-0.3, -0.25) is 4.90 Å². The Morgan fingerprint density at radius 2 is 1.76 bits per heavy atom. The van der Waals surface area contributed by atoms with Crippen LogP contribution >= 0.6 is 0 Å². The predicted molar refractivity (Wildman–Crippen MR) is 113 cm³/mol. The molecule has 136 valence electrons. The quantitative estimate of drug-likeness (QED) is 0.548. The van der Waals surface area contributed by atoms with Gasteiger partial charge in [-0.15, -0.1) is 0 Å². The zero-order chi connectivity index (χ0) is 18.8. The van der Waals surface area contributed by atoms with E-state index in [0.29, 0.717) is 0 Å². The van der Waals surface area contributed by atoms with Crippen LogP contribution in [0.25, 0.3) is 11.1 Å². The number of likely N-dealkylation sites (N-methyl/N-ethyl adjacent to an activating group) is 1. The van der Waals surface area contributed by atoms with Crippen LogP contribution in [0.3, 0.4) is 0 Å². The highest BCUT2D eigenvalue weighted by Crippen LogP contribution is 2.52. The molecule has 1 nitrogen and oxygen atoms in total. The van der Waals surface area contributed by atoms with Gasteiger partial charge < -0.3 is 0 Å². The van der Waals surface area contributed by atoms with Crippen LogP contribution in [-0.4, -0.2) is 24.5 Å². The van der Waals surface area contributed by atoms with E-state index in [1.54, 1.807) is 5.57 Å². The minimum absolute atomic E-state index is 0.0796. The van der Waals surface area contributed by atoms with Crippen LogP contribution in [0.5, 0.6) is 0 Å². The molecule has 0 saturated carbocycles. The molecule has 1 aliphatic rings. The Hall–Kier alpha value is -1.60. The number of hydrogen-bond acceptors (Lipinski definition) is 1. The molecular weight excluding hydrogens is 302 g/mol. The summed E-state index contributed by atoms with van der Waals surface area (Å²) in [6.45, 7) is 15.5. The molecule has 0 aliphatic heterocycles. The standard InChI is InChI=1S/C24H35N/c1-9-11-22-23(5,10-2)17-16-21(24(22,6)25(7)8)20-14-12-19(13-15-20)18(3)4/h11-16H,3,9-10,17H2,1-2,4-8H3/b22-11+. The van der Waals surface area contributed by atoms with Gasteiger partial charge in [0.1, 0.15) is 0 Å².